The summed E-state index contributed by atoms with van der Waals surface area (Å²) in [5, 5.41) is 4.79. The molecule has 1 aromatic heterocycles. The molecular weight excluding hydrogens is 238 g/mol. The van der Waals surface area contributed by atoms with Crippen molar-refractivity contribution in [3.8, 4) is 0 Å². The Kier molecular flexibility index (Phi) is 5.59. The van der Waals surface area contributed by atoms with Gasteiger partial charge in [0.25, 0.3) is 0 Å². The van der Waals surface area contributed by atoms with Crippen LogP contribution < -0.4 is 5.32 Å². The SMILES string of the molecule is C=CCNC(CC(=O)OC)C(=O)c1cccs1. The van der Waals surface area contributed by atoms with Gasteiger partial charge in [0, 0.05) is 6.54 Å². The Bertz CT molecular complexity index is 386. The predicted octanol–water partition coefficient (Wildman–Crippen LogP) is 1.64. The van der Waals surface area contributed by atoms with E-state index in [1.54, 1.807) is 18.2 Å². The highest BCUT2D eigenvalue weighted by atomic mass is 32.1. The Labute approximate surface area is 104 Å². The van der Waals surface area contributed by atoms with Gasteiger partial charge in [0.05, 0.1) is 24.4 Å². The second-order valence-electron chi connectivity index (χ2n) is 3.37. The number of ether oxygens (including phenoxy) is 1. The lowest BCUT2D eigenvalue weighted by atomic mass is 10.1. The lowest BCUT2D eigenvalue weighted by Crippen LogP contribution is -2.38. The Balaban J connectivity index is 2.71. The Morgan fingerprint density at radius 3 is 2.94 bits per heavy atom. The van der Waals surface area contributed by atoms with Crippen LogP contribution in [-0.4, -0.2) is 31.4 Å². The minimum absolute atomic E-state index is 0.0288. The van der Waals surface area contributed by atoms with Gasteiger partial charge >= 0.3 is 5.97 Å². The Morgan fingerprint density at radius 1 is 1.65 bits per heavy atom. The first kappa shape index (κ1) is 13.6. The first-order valence-electron chi connectivity index (χ1n) is 5.17. The van der Waals surface area contributed by atoms with Crippen LogP contribution in [0.15, 0.2) is 30.2 Å². The fourth-order valence-corrected chi connectivity index (χ4v) is 2.04. The third-order valence-corrected chi connectivity index (χ3v) is 3.07. The van der Waals surface area contributed by atoms with Gasteiger partial charge in [0.1, 0.15) is 0 Å². The summed E-state index contributed by atoms with van der Waals surface area (Å²) >= 11 is 1.36. The highest BCUT2D eigenvalue weighted by molar-refractivity contribution is 7.12. The number of carbonyl (C=O) groups is 2. The van der Waals surface area contributed by atoms with Crippen molar-refractivity contribution in [1.29, 1.82) is 0 Å². The van der Waals surface area contributed by atoms with Crippen molar-refractivity contribution in [2.24, 2.45) is 0 Å². The molecule has 17 heavy (non-hydrogen) atoms. The van der Waals surface area contributed by atoms with E-state index >= 15 is 0 Å². The maximum Gasteiger partial charge on any atom is 0.307 e. The molecule has 0 amide bonds. The monoisotopic (exact) mass is 253 g/mol. The molecular formula is C12H15NO3S. The van der Waals surface area contributed by atoms with Crippen molar-refractivity contribution in [3.63, 3.8) is 0 Å². The molecule has 1 atom stereocenters. The minimum Gasteiger partial charge on any atom is -0.469 e. The molecule has 0 aliphatic carbocycles. The van der Waals surface area contributed by atoms with Gasteiger partial charge in [0.15, 0.2) is 5.78 Å². The smallest absolute Gasteiger partial charge is 0.307 e. The zero-order valence-electron chi connectivity index (χ0n) is 9.64. The predicted molar refractivity (Wildman–Crippen MR) is 67.3 cm³/mol. The number of hydrogen-bond acceptors (Lipinski definition) is 5. The van der Waals surface area contributed by atoms with Gasteiger partial charge in [-0.15, -0.1) is 17.9 Å². The molecule has 1 unspecified atom stereocenters. The van der Waals surface area contributed by atoms with Gasteiger partial charge < -0.3 is 10.1 Å². The summed E-state index contributed by atoms with van der Waals surface area (Å²) in [6.07, 6.45) is 1.67. The molecule has 0 radical (unpaired) electrons. The van der Waals surface area contributed by atoms with Crippen LogP contribution in [0.25, 0.3) is 0 Å². The van der Waals surface area contributed by atoms with Crippen LogP contribution in [0.2, 0.25) is 0 Å². The van der Waals surface area contributed by atoms with Gasteiger partial charge in [0.2, 0.25) is 0 Å². The van der Waals surface area contributed by atoms with E-state index in [9.17, 15) is 9.59 Å². The van der Waals surface area contributed by atoms with Crippen LogP contribution >= 0.6 is 11.3 Å². The van der Waals surface area contributed by atoms with Crippen LogP contribution in [-0.2, 0) is 9.53 Å². The summed E-state index contributed by atoms with van der Waals surface area (Å²) in [6, 6.07) is 2.99. The molecule has 0 spiro atoms. The average molecular weight is 253 g/mol. The van der Waals surface area contributed by atoms with Crippen LogP contribution in [0.4, 0.5) is 0 Å². The average Bonchev–Trinajstić information content (AvgIpc) is 2.86. The number of carbonyl (C=O) groups excluding carboxylic acids is 2. The van der Waals surface area contributed by atoms with Crippen molar-refractivity contribution in [2.45, 2.75) is 12.5 Å². The van der Waals surface area contributed by atoms with Crippen molar-refractivity contribution in [1.82, 2.24) is 5.32 Å². The zero-order valence-corrected chi connectivity index (χ0v) is 10.5. The van der Waals surface area contributed by atoms with E-state index in [4.69, 9.17) is 0 Å². The number of ketones is 1. The number of nitrogens with one attached hydrogen (secondary N) is 1. The summed E-state index contributed by atoms with van der Waals surface area (Å²) < 4.78 is 4.57. The molecule has 0 aromatic carbocycles. The van der Waals surface area contributed by atoms with Crippen molar-refractivity contribution >= 4 is 23.1 Å². The number of hydrogen-bond donors (Lipinski definition) is 1. The van der Waals surface area contributed by atoms with Gasteiger partial charge in [-0.1, -0.05) is 12.1 Å². The molecule has 0 saturated heterocycles. The Hall–Kier alpha value is -1.46. The lowest BCUT2D eigenvalue weighted by molar-refractivity contribution is -0.140. The topological polar surface area (TPSA) is 55.4 Å². The van der Waals surface area contributed by atoms with Crippen molar-refractivity contribution in [2.75, 3.05) is 13.7 Å². The van der Waals surface area contributed by atoms with Crippen molar-refractivity contribution in [3.05, 3.63) is 35.0 Å². The summed E-state index contributed by atoms with van der Waals surface area (Å²) in [4.78, 5) is 23.9. The number of methoxy groups -OCH3 is 1. The van der Waals surface area contributed by atoms with E-state index in [0.717, 1.165) is 0 Å². The molecule has 0 aliphatic heterocycles. The maximum absolute atomic E-state index is 12.1. The maximum atomic E-state index is 12.1. The minimum atomic E-state index is -0.556. The first-order chi connectivity index (χ1) is 8.19. The zero-order chi connectivity index (χ0) is 12.7. The number of esters is 1. The molecule has 1 N–H and O–H groups in total. The fraction of sp³-hybridized carbons (Fsp3) is 0.333. The highest BCUT2D eigenvalue weighted by Gasteiger charge is 2.23. The van der Waals surface area contributed by atoms with Crippen LogP contribution in [0.1, 0.15) is 16.1 Å². The summed E-state index contributed by atoms with van der Waals surface area (Å²) in [5.74, 6) is -0.497. The second-order valence-corrected chi connectivity index (χ2v) is 4.32. The first-order valence-corrected chi connectivity index (χ1v) is 6.05. The number of thiophene rings is 1. The normalized spacial score (nSPS) is 11.8. The van der Waals surface area contributed by atoms with Gasteiger partial charge in [-0.2, -0.15) is 0 Å². The quantitative estimate of drug-likeness (QED) is 0.456. The van der Waals surface area contributed by atoms with E-state index in [-0.39, 0.29) is 12.2 Å². The summed E-state index contributed by atoms with van der Waals surface area (Å²) in [6.45, 7) is 4.04. The van der Waals surface area contributed by atoms with E-state index in [2.05, 4.69) is 16.6 Å². The summed E-state index contributed by atoms with van der Waals surface area (Å²) in [5.41, 5.74) is 0. The molecule has 1 aromatic rings. The molecule has 1 rings (SSSR count). The van der Waals surface area contributed by atoms with E-state index in [1.807, 2.05) is 5.38 Å². The van der Waals surface area contributed by atoms with Crippen LogP contribution in [0.5, 0.6) is 0 Å². The molecule has 0 aliphatic rings. The molecule has 1 heterocycles. The second kappa shape index (κ2) is 6.98. The molecule has 4 nitrogen and oxygen atoms in total. The number of Topliss-reactive ketones (excluding diaryl/α,β-unsaturated/α-hetero) is 1. The standard InChI is InChI=1S/C12H15NO3S/c1-3-6-13-9(8-11(14)16-2)12(15)10-5-4-7-17-10/h3-5,7,9,13H,1,6,8H2,2H3. The highest BCUT2D eigenvalue weighted by Crippen LogP contribution is 2.13. The van der Waals surface area contributed by atoms with Gasteiger partial charge in [-0.3, -0.25) is 9.59 Å². The Morgan fingerprint density at radius 2 is 2.41 bits per heavy atom. The summed E-state index contributed by atoms with van der Waals surface area (Å²) in [7, 11) is 1.31. The number of rotatable bonds is 7. The largest absolute Gasteiger partial charge is 0.469 e. The van der Waals surface area contributed by atoms with E-state index < -0.39 is 12.0 Å². The fourth-order valence-electron chi connectivity index (χ4n) is 1.32. The molecule has 92 valence electrons. The molecule has 5 heteroatoms. The van der Waals surface area contributed by atoms with Crippen LogP contribution in [0.3, 0.4) is 0 Å². The third kappa shape index (κ3) is 4.13. The van der Waals surface area contributed by atoms with Gasteiger partial charge in [-0.05, 0) is 11.4 Å². The third-order valence-electron chi connectivity index (χ3n) is 2.19. The molecule has 0 saturated carbocycles. The lowest BCUT2D eigenvalue weighted by Gasteiger charge is -2.14. The van der Waals surface area contributed by atoms with Gasteiger partial charge in [-0.25, -0.2) is 0 Å². The molecule has 0 bridgehead atoms. The van der Waals surface area contributed by atoms with E-state index in [1.165, 1.54) is 18.4 Å². The van der Waals surface area contributed by atoms with Crippen molar-refractivity contribution < 1.29 is 14.3 Å². The molecule has 0 fully saturated rings. The van der Waals surface area contributed by atoms with E-state index in [0.29, 0.717) is 11.4 Å². The van der Waals surface area contributed by atoms with Crippen LogP contribution in [0, 0.1) is 0 Å².